The highest BCUT2D eigenvalue weighted by atomic mass is 32.2. The molecule has 3 rings (SSSR count). The van der Waals surface area contributed by atoms with Gasteiger partial charge >= 0.3 is 0 Å². The smallest absolute Gasteiger partial charge is 0.262 e. The first-order valence-corrected chi connectivity index (χ1v) is 10.7. The zero-order valence-corrected chi connectivity index (χ0v) is 17.4. The molecule has 0 aliphatic carbocycles. The normalized spacial score (nSPS) is 11.3. The van der Waals surface area contributed by atoms with Gasteiger partial charge < -0.3 is 4.90 Å². The molecular weight excluding hydrogens is 389 g/mol. The number of carbonyl (C=O) groups is 1. The van der Waals surface area contributed by atoms with Gasteiger partial charge in [-0.15, -0.1) is 0 Å². The summed E-state index contributed by atoms with van der Waals surface area (Å²) in [5.74, 6) is -0.384. The number of halogens is 1. The number of carbonyl (C=O) groups excluding carboxylic acids is 1. The molecule has 0 N–H and O–H groups in total. The minimum absolute atomic E-state index is 0.0977. The van der Waals surface area contributed by atoms with Crippen LogP contribution in [0.4, 0.5) is 4.39 Å². The van der Waals surface area contributed by atoms with E-state index < -0.39 is 0 Å². The summed E-state index contributed by atoms with van der Waals surface area (Å²) in [6, 6.07) is 12.7. The van der Waals surface area contributed by atoms with Gasteiger partial charge in [0, 0.05) is 18.7 Å². The average molecular weight is 414 g/mol. The van der Waals surface area contributed by atoms with E-state index in [0.717, 1.165) is 19.6 Å². The van der Waals surface area contributed by atoms with Crippen LogP contribution in [0, 0.1) is 5.82 Å². The Morgan fingerprint density at radius 3 is 2.48 bits per heavy atom. The molecule has 152 valence electrons. The van der Waals surface area contributed by atoms with Crippen molar-refractivity contribution in [3.05, 3.63) is 70.3 Å². The lowest BCUT2D eigenvalue weighted by molar-refractivity contribution is 0.102. The molecule has 0 saturated carbocycles. The van der Waals surface area contributed by atoms with Crippen LogP contribution in [-0.4, -0.2) is 45.6 Å². The predicted octanol–water partition coefficient (Wildman–Crippen LogP) is 3.85. The summed E-state index contributed by atoms with van der Waals surface area (Å²) in [6.07, 6.45) is 0. The minimum Gasteiger partial charge on any atom is -0.302 e. The fraction of sp³-hybridized carbons (Fsp3) is 0.318. The fourth-order valence-electron chi connectivity index (χ4n) is 3.09. The van der Waals surface area contributed by atoms with Crippen LogP contribution in [0.5, 0.6) is 0 Å². The van der Waals surface area contributed by atoms with Gasteiger partial charge in [-0.2, -0.15) is 0 Å². The summed E-state index contributed by atoms with van der Waals surface area (Å²) in [7, 11) is 0. The zero-order chi connectivity index (χ0) is 20.8. The Morgan fingerprint density at radius 1 is 1.10 bits per heavy atom. The first-order valence-electron chi connectivity index (χ1n) is 9.67. The quantitative estimate of drug-likeness (QED) is 0.303. The van der Waals surface area contributed by atoms with Crippen LogP contribution in [-0.2, 0) is 6.54 Å². The van der Waals surface area contributed by atoms with Gasteiger partial charge in [-0.05, 0) is 49.5 Å². The average Bonchev–Trinajstić information content (AvgIpc) is 2.74. The van der Waals surface area contributed by atoms with Crippen LogP contribution in [0.2, 0.25) is 0 Å². The van der Waals surface area contributed by atoms with Crippen LogP contribution in [0.1, 0.15) is 24.2 Å². The van der Waals surface area contributed by atoms with Crippen molar-refractivity contribution in [1.29, 1.82) is 0 Å². The number of nitrogens with zero attached hydrogens (tertiary/aromatic N) is 3. The number of thioether (sulfide) groups is 1. The second-order valence-corrected chi connectivity index (χ2v) is 7.56. The molecule has 0 aliphatic rings. The first-order chi connectivity index (χ1) is 14.0. The van der Waals surface area contributed by atoms with E-state index in [4.69, 9.17) is 0 Å². The van der Waals surface area contributed by atoms with Gasteiger partial charge in [-0.3, -0.25) is 14.2 Å². The molecule has 3 aromatic rings. The van der Waals surface area contributed by atoms with Crippen molar-refractivity contribution >= 4 is 28.4 Å². The number of benzene rings is 2. The molecule has 0 atom stereocenters. The minimum atomic E-state index is -0.379. The number of rotatable bonds is 9. The Morgan fingerprint density at radius 2 is 1.79 bits per heavy atom. The molecule has 1 heterocycles. The number of hydrogen-bond donors (Lipinski definition) is 0. The Hall–Kier alpha value is -2.51. The lowest BCUT2D eigenvalue weighted by atomic mass is 10.1. The number of ketones is 1. The Labute approximate surface area is 173 Å². The number of likely N-dealkylation sites (N-methyl/N-ethyl adjacent to an activating group) is 1. The van der Waals surface area contributed by atoms with Crippen LogP contribution in [0.15, 0.2) is 58.5 Å². The van der Waals surface area contributed by atoms with E-state index in [-0.39, 0.29) is 22.9 Å². The van der Waals surface area contributed by atoms with Crippen molar-refractivity contribution < 1.29 is 9.18 Å². The molecule has 29 heavy (non-hydrogen) atoms. The largest absolute Gasteiger partial charge is 0.302 e. The molecule has 1 aromatic heterocycles. The van der Waals surface area contributed by atoms with Crippen LogP contribution < -0.4 is 5.56 Å². The highest BCUT2D eigenvalue weighted by Crippen LogP contribution is 2.19. The third-order valence-corrected chi connectivity index (χ3v) is 5.84. The number of fused-ring (bicyclic) bond motifs is 1. The third kappa shape index (κ3) is 5.10. The molecule has 0 amide bonds. The van der Waals surface area contributed by atoms with Crippen molar-refractivity contribution in [2.24, 2.45) is 0 Å². The van der Waals surface area contributed by atoms with Gasteiger partial charge in [0.05, 0.1) is 16.7 Å². The standard InChI is InChI=1S/C22H24FN3O2S/c1-3-25(4-2)13-14-26-21(28)18-7-5-6-8-19(18)24-22(26)29-15-20(27)16-9-11-17(23)12-10-16/h5-12H,3-4,13-15H2,1-2H3. The van der Waals surface area contributed by atoms with Crippen LogP contribution >= 0.6 is 11.8 Å². The van der Waals surface area contributed by atoms with E-state index in [1.807, 2.05) is 12.1 Å². The highest BCUT2D eigenvalue weighted by molar-refractivity contribution is 7.99. The number of hydrogen-bond acceptors (Lipinski definition) is 5. The fourth-order valence-corrected chi connectivity index (χ4v) is 4.01. The van der Waals surface area contributed by atoms with E-state index in [0.29, 0.717) is 28.2 Å². The van der Waals surface area contributed by atoms with Gasteiger partial charge in [0.2, 0.25) is 0 Å². The van der Waals surface area contributed by atoms with Gasteiger partial charge in [0.1, 0.15) is 5.82 Å². The third-order valence-electron chi connectivity index (χ3n) is 4.86. The second-order valence-electron chi connectivity index (χ2n) is 6.61. The second kappa shape index (κ2) is 9.80. The molecule has 0 spiro atoms. The van der Waals surface area contributed by atoms with Crippen molar-refractivity contribution in [3.63, 3.8) is 0 Å². The lowest BCUT2D eigenvalue weighted by Gasteiger charge is -2.20. The highest BCUT2D eigenvalue weighted by Gasteiger charge is 2.15. The van der Waals surface area contributed by atoms with Crippen LogP contribution in [0.3, 0.4) is 0 Å². The summed E-state index contributed by atoms with van der Waals surface area (Å²) in [5.41, 5.74) is 0.963. The van der Waals surface area contributed by atoms with E-state index in [2.05, 4.69) is 23.7 Å². The Bertz CT molecular complexity index is 1050. The van der Waals surface area contributed by atoms with E-state index >= 15 is 0 Å². The molecule has 0 saturated heterocycles. The SMILES string of the molecule is CCN(CC)CCn1c(SCC(=O)c2ccc(F)cc2)nc2ccccc2c1=O. The van der Waals surface area contributed by atoms with Gasteiger partial charge in [0.25, 0.3) is 5.56 Å². The summed E-state index contributed by atoms with van der Waals surface area (Å²) in [6.45, 7) is 7.21. The monoisotopic (exact) mass is 413 g/mol. The van der Waals surface area contributed by atoms with Crippen LogP contribution in [0.25, 0.3) is 10.9 Å². The maximum atomic E-state index is 13.1. The molecule has 0 bridgehead atoms. The van der Waals surface area contributed by atoms with E-state index in [1.165, 1.54) is 36.0 Å². The summed E-state index contributed by atoms with van der Waals surface area (Å²) >= 11 is 1.24. The zero-order valence-electron chi connectivity index (χ0n) is 16.6. The summed E-state index contributed by atoms with van der Waals surface area (Å²) < 4.78 is 14.7. The molecule has 7 heteroatoms. The summed E-state index contributed by atoms with van der Waals surface area (Å²) in [5, 5.41) is 1.09. The van der Waals surface area contributed by atoms with Gasteiger partial charge in [-0.1, -0.05) is 37.7 Å². The van der Waals surface area contributed by atoms with Gasteiger partial charge in [0.15, 0.2) is 10.9 Å². The van der Waals surface area contributed by atoms with Crippen molar-refractivity contribution in [2.45, 2.75) is 25.5 Å². The molecule has 5 nitrogen and oxygen atoms in total. The van der Waals surface area contributed by atoms with Crippen molar-refractivity contribution in [3.8, 4) is 0 Å². The van der Waals surface area contributed by atoms with E-state index in [9.17, 15) is 14.0 Å². The predicted molar refractivity (Wildman–Crippen MR) is 115 cm³/mol. The topological polar surface area (TPSA) is 55.2 Å². The molecule has 0 fully saturated rings. The molecule has 0 radical (unpaired) electrons. The Balaban J connectivity index is 1.88. The molecule has 0 aliphatic heterocycles. The van der Waals surface area contributed by atoms with E-state index in [1.54, 1.807) is 16.7 Å². The molecule has 0 unspecified atom stereocenters. The Kier molecular flexibility index (Phi) is 7.17. The van der Waals surface area contributed by atoms with Gasteiger partial charge in [-0.25, -0.2) is 9.37 Å². The lowest BCUT2D eigenvalue weighted by Crippen LogP contribution is -2.32. The van der Waals surface area contributed by atoms with Crippen molar-refractivity contribution in [2.75, 3.05) is 25.4 Å². The summed E-state index contributed by atoms with van der Waals surface area (Å²) in [4.78, 5) is 32.4. The number of aromatic nitrogens is 2. The first kappa shape index (κ1) is 21.2. The number of Topliss-reactive ketones (excluding diaryl/α,β-unsaturated/α-hetero) is 1. The maximum Gasteiger partial charge on any atom is 0.262 e. The molecular formula is C22H24FN3O2S. The maximum absolute atomic E-state index is 13.1. The van der Waals surface area contributed by atoms with Crippen molar-refractivity contribution in [1.82, 2.24) is 14.5 Å². The number of para-hydroxylation sites is 1. The molecule has 2 aromatic carbocycles.